The minimum absolute atomic E-state index is 0.146. The quantitative estimate of drug-likeness (QED) is 0.388. The summed E-state index contributed by atoms with van der Waals surface area (Å²) in [6.07, 6.45) is 0.911. The molecule has 0 nitrogen and oxygen atoms in total. The minimum atomic E-state index is -0.146. The van der Waals surface area contributed by atoms with E-state index in [2.05, 4.69) is 44.2 Å². The highest BCUT2D eigenvalue weighted by molar-refractivity contribution is 6.01. The third-order valence-corrected chi connectivity index (χ3v) is 4.51. The average Bonchev–Trinajstić information content (AvgIpc) is 2.52. The number of benzene rings is 3. The van der Waals surface area contributed by atoms with Gasteiger partial charge in [-0.25, -0.2) is 4.39 Å². The Kier molecular flexibility index (Phi) is 2.90. The molecule has 0 fully saturated rings. The largest absolute Gasteiger partial charge is 0.206 e. The van der Waals surface area contributed by atoms with Crippen molar-refractivity contribution in [3.8, 4) is 0 Å². The van der Waals surface area contributed by atoms with Crippen LogP contribution < -0.4 is 0 Å². The fraction of sp³-hybridized carbons (Fsp3) is 0.143. The number of hydrogen-bond donors (Lipinski definition) is 0. The summed E-state index contributed by atoms with van der Waals surface area (Å²) in [5, 5.41) is 1.72. The summed E-state index contributed by atoms with van der Waals surface area (Å²) in [6.45, 7) is 4.28. The molecule has 0 saturated carbocycles. The molecule has 0 aliphatic heterocycles. The van der Waals surface area contributed by atoms with Crippen LogP contribution in [0.5, 0.6) is 0 Å². The van der Waals surface area contributed by atoms with Gasteiger partial charge in [0.1, 0.15) is 5.82 Å². The maximum absolute atomic E-state index is 14.2. The monoisotopic (exact) mass is 288 g/mol. The molecule has 0 spiro atoms. The predicted molar refractivity (Wildman–Crippen MR) is 90.5 cm³/mol. The number of rotatable bonds is 0. The van der Waals surface area contributed by atoms with Gasteiger partial charge < -0.3 is 0 Å². The molecule has 1 aliphatic rings. The fourth-order valence-corrected chi connectivity index (χ4v) is 3.58. The van der Waals surface area contributed by atoms with Crippen LogP contribution in [0.25, 0.3) is 16.3 Å². The Balaban J connectivity index is 2.15. The van der Waals surface area contributed by atoms with Gasteiger partial charge in [0.05, 0.1) is 0 Å². The summed E-state index contributed by atoms with van der Waals surface area (Å²) in [4.78, 5) is 0. The Hall–Kier alpha value is -2.41. The van der Waals surface area contributed by atoms with Crippen molar-refractivity contribution in [3.63, 3.8) is 0 Å². The Morgan fingerprint density at radius 2 is 1.64 bits per heavy atom. The number of hydrogen-bond acceptors (Lipinski definition) is 0. The highest BCUT2D eigenvalue weighted by Crippen LogP contribution is 2.41. The first-order chi connectivity index (χ1) is 10.7. The van der Waals surface area contributed by atoms with E-state index in [0.717, 1.165) is 11.8 Å². The van der Waals surface area contributed by atoms with Gasteiger partial charge in [-0.3, -0.25) is 0 Å². The second-order valence-corrected chi connectivity index (χ2v) is 6.14. The number of halogens is 1. The van der Waals surface area contributed by atoms with Crippen molar-refractivity contribution < 1.29 is 4.39 Å². The van der Waals surface area contributed by atoms with Crippen LogP contribution in [-0.2, 0) is 6.42 Å². The van der Waals surface area contributed by atoms with Crippen LogP contribution in [0.3, 0.4) is 0 Å². The zero-order valence-corrected chi connectivity index (χ0v) is 12.8. The molecule has 108 valence electrons. The maximum atomic E-state index is 14.2. The molecular weight excluding hydrogens is 271 g/mol. The SMILES string of the molecule is CC(C)=C1c2ccccc2Cc2ccc3c(F)cccc3c21. The van der Waals surface area contributed by atoms with Crippen LogP contribution in [0, 0.1) is 5.82 Å². The second kappa shape index (κ2) is 4.81. The summed E-state index contributed by atoms with van der Waals surface area (Å²) in [7, 11) is 0. The zero-order chi connectivity index (χ0) is 15.3. The maximum Gasteiger partial charge on any atom is 0.131 e. The van der Waals surface area contributed by atoms with Crippen molar-refractivity contribution in [1.82, 2.24) is 0 Å². The molecule has 4 rings (SSSR count). The molecule has 1 heteroatoms. The van der Waals surface area contributed by atoms with Gasteiger partial charge in [0.25, 0.3) is 0 Å². The Labute approximate surface area is 129 Å². The van der Waals surface area contributed by atoms with E-state index in [-0.39, 0.29) is 5.82 Å². The van der Waals surface area contributed by atoms with Gasteiger partial charge in [-0.1, -0.05) is 54.1 Å². The third-order valence-electron chi connectivity index (χ3n) is 4.51. The van der Waals surface area contributed by atoms with Crippen molar-refractivity contribution in [1.29, 1.82) is 0 Å². The van der Waals surface area contributed by atoms with Crippen LogP contribution in [0.15, 0.2) is 60.2 Å². The van der Waals surface area contributed by atoms with E-state index in [9.17, 15) is 4.39 Å². The molecule has 0 heterocycles. The van der Waals surface area contributed by atoms with Crippen molar-refractivity contribution >= 4 is 16.3 Å². The summed E-state index contributed by atoms with van der Waals surface area (Å²) >= 11 is 0. The highest BCUT2D eigenvalue weighted by atomic mass is 19.1. The average molecular weight is 288 g/mol. The van der Waals surface area contributed by atoms with E-state index in [4.69, 9.17) is 0 Å². The van der Waals surface area contributed by atoms with Crippen LogP contribution in [0.4, 0.5) is 4.39 Å². The van der Waals surface area contributed by atoms with Crippen molar-refractivity contribution in [2.24, 2.45) is 0 Å². The molecule has 0 unspecified atom stereocenters. The molecule has 0 bridgehead atoms. The molecule has 0 radical (unpaired) electrons. The third kappa shape index (κ3) is 1.82. The Bertz CT molecular complexity index is 928. The molecule has 3 aromatic carbocycles. The smallest absolute Gasteiger partial charge is 0.131 e. The zero-order valence-electron chi connectivity index (χ0n) is 12.8. The first-order valence-corrected chi connectivity index (χ1v) is 7.63. The molecule has 0 N–H and O–H groups in total. The van der Waals surface area contributed by atoms with E-state index in [1.165, 1.54) is 39.5 Å². The molecule has 0 amide bonds. The summed E-state index contributed by atoms with van der Waals surface area (Å²) in [5.41, 5.74) is 7.65. The van der Waals surface area contributed by atoms with Gasteiger partial charge in [-0.05, 0) is 59.5 Å². The number of fused-ring (bicyclic) bond motifs is 4. The van der Waals surface area contributed by atoms with Crippen molar-refractivity contribution in [3.05, 3.63) is 88.2 Å². The summed E-state index contributed by atoms with van der Waals surface area (Å²) in [5.74, 6) is -0.146. The van der Waals surface area contributed by atoms with Crippen LogP contribution in [0.2, 0.25) is 0 Å². The first kappa shape index (κ1) is 13.3. The fourth-order valence-electron chi connectivity index (χ4n) is 3.58. The van der Waals surface area contributed by atoms with E-state index in [0.29, 0.717) is 5.39 Å². The van der Waals surface area contributed by atoms with E-state index in [1.54, 1.807) is 6.07 Å². The molecule has 0 saturated heterocycles. The number of allylic oxidation sites excluding steroid dienone is 1. The second-order valence-electron chi connectivity index (χ2n) is 6.14. The summed E-state index contributed by atoms with van der Waals surface area (Å²) in [6, 6.07) is 17.9. The lowest BCUT2D eigenvalue weighted by molar-refractivity contribution is 0.640. The summed E-state index contributed by atoms with van der Waals surface area (Å²) < 4.78 is 14.2. The van der Waals surface area contributed by atoms with Crippen LogP contribution in [-0.4, -0.2) is 0 Å². The van der Waals surface area contributed by atoms with Crippen molar-refractivity contribution in [2.45, 2.75) is 20.3 Å². The molecule has 1 aliphatic carbocycles. The lowest BCUT2D eigenvalue weighted by Gasteiger charge is -2.25. The van der Waals surface area contributed by atoms with E-state index in [1.807, 2.05) is 12.1 Å². The standard InChI is InChI=1S/C21H17F/c1-13(2)20-16-7-4-3-6-14(16)12-15-10-11-17-18(21(15)20)8-5-9-19(17)22/h3-11H,12H2,1-2H3. The van der Waals surface area contributed by atoms with Gasteiger partial charge in [0, 0.05) is 5.39 Å². The Morgan fingerprint density at radius 3 is 2.45 bits per heavy atom. The van der Waals surface area contributed by atoms with Crippen molar-refractivity contribution in [2.75, 3.05) is 0 Å². The normalized spacial score (nSPS) is 13.0. The Morgan fingerprint density at radius 1 is 0.818 bits per heavy atom. The van der Waals surface area contributed by atoms with E-state index >= 15 is 0 Å². The molecule has 0 aromatic heterocycles. The molecule has 22 heavy (non-hydrogen) atoms. The molecule has 0 atom stereocenters. The predicted octanol–water partition coefficient (Wildman–Crippen LogP) is 5.72. The van der Waals surface area contributed by atoms with Gasteiger partial charge in [0.15, 0.2) is 0 Å². The molecular formula is C21H17F. The highest BCUT2D eigenvalue weighted by Gasteiger charge is 2.23. The van der Waals surface area contributed by atoms with Crippen LogP contribution >= 0.6 is 0 Å². The first-order valence-electron chi connectivity index (χ1n) is 7.63. The van der Waals surface area contributed by atoms with Gasteiger partial charge >= 0.3 is 0 Å². The van der Waals surface area contributed by atoms with E-state index < -0.39 is 0 Å². The lowest BCUT2D eigenvalue weighted by atomic mass is 9.78. The van der Waals surface area contributed by atoms with Gasteiger partial charge in [-0.15, -0.1) is 0 Å². The van der Waals surface area contributed by atoms with Gasteiger partial charge in [0.2, 0.25) is 0 Å². The van der Waals surface area contributed by atoms with Crippen LogP contribution in [0.1, 0.15) is 36.1 Å². The van der Waals surface area contributed by atoms with Gasteiger partial charge in [-0.2, -0.15) is 0 Å². The minimum Gasteiger partial charge on any atom is -0.206 e. The molecule has 3 aromatic rings. The lowest BCUT2D eigenvalue weighted by Crippen LogP contribution is -2.08. The topological polar surface area (TPSA) is 0 Å².